The zero-order chi connectivity index (χ0) is 19.1. The summed E-state index contributed by atoms with van der Waals surface area (Å²) in [6, 6.07) is 16.5. The standard InChI is InChI=1S/C20H24NO5P/c1-24-20(22)16-21-14-6-3-7-15-25-27(21,23)19-12-10-18(11-13-19)26-17-8-4-2-5-9-17/h2,4-5,8-13H,3,6-7,14-16H2,1H3. The number of hydrogen-bond donors (Lipinski definition) is 0. The van der Waals surface area contributed by atoms with Crippen molar-refractivity contribution in [2.24, 2.45) is 0 Å². The molecule has 1 unspecified atom stereocenters. The number of esters is 1. The van der Waals surface area contributed by atoms with Crippen LogP contribution in [0, 0.1) is 0 Å². The molecule has 0 bridgehead atoms. The average Bonchev–Trinajstić information content (AvgIpc) is 2.69. The number of carbonyl (C=O) groups is 1. The van der Waals surface area contributed by atoms with Crippen molar-refractivity contribution >= 4 is 18.8 Å². The highest BCUT2D eigenvalue weighted by Gasteiger charge is 2.36. The number of nitrogens with zero attached hydrogens (tertiary/aromatic N) is 1. The number of methoxy groups -OCH3 is 1. The van der Waals surface area contributed by atoms with Crippen LogP contribution in [0.15, 0.2) is 54.6 Å². The summed E-state index contributed by atoms with van der Waals surface area (Å²) in [6.07, 6.45) is 2.69. The molecule has 1 fully saturated rings. The third-order valence-electron chi connectivity index (χ3n) is 4.38. The van der Waals surface area contributed by atoms with Crippen LogP contribution in [0.3, 0.4) is 0 Å². The van der Waals surface area contributed by atoms with E-state index < -0.39 is 13.5 Å². The van der Waals surface area contributed by atoms with Gasteiger partial charge in [0.25, 0.3) is 0 Å². The van der Waals surface area contributed by atoms with Crippen molar-refractivity contribution in [3.63, 3.8) is 0 Å². The molecule has 0 amide bonds. The molecule has 144 valence electrons. The molecule has 0 aromatic heterocycles. The molecule has 0 aliphatic carbocycles. The summed E-state index contributed by atoms with van der Waals surface area (Å²) < 4.78 is 31.7. The molecular weight excluding hydrogens is 365 g/mol. The van der Waals surface area contributed by atoms with Gasteiger partial charge in [-0.05, 0) is 55.7 Å². The highest BCUT2D eigenvalue weighted by Crippen LogP contribution is 2.51. The van der Waals surface area contributed by atoms with E-state index in [1.807, 2.05) is 30.3 Å². The van der Waals surface area contributed by atoms with E-state index in [9.17, 15) is 9.36 Å². The van der Waals surface area contributed by atoms with Crippen molar-refractivity contribution in [3.05, 3.63) is 54.6 Å². The Kier molecular flexibility index (Phi) is 6.67. The molecule has 7 heteroatoms. The number of para-hydroxylation sites is 1. The van der Waals surface area contributed by atoms with E-state index in [0.717, 1.165) is 25.0 Å². The van der Waals surface area contributed by atoms with Crippen molar-refractivity contribution in [2.45, 2.75) is 19.3 Å². The van der Waals surface area contributed by atoms with Crippen molar-refractivity contribution in [1.29, 1.82) is 0 Å². The van der Waals surface area contributed by atoms with Crippen molar-refractivity contribution < 1.29 is 23.4 Å². The predicted molar refractivity (Wildman–Crippen MR) is 104 cm³/mol. The van der Waals surface area contributed by atoms with Crippen LogP contribution in [-0.2, 0) is 18.6 Å². The molecule has 0 N–H and O–H groups in total. The van der Waals surface area contributed by atoms with Crippen molar-refractivity contribution in [2.75, 3.05) is 26.8 Å². The minimum absolute atomic E-state index is 0.0595. The monoisotopic (exact) mass is 389 g/mol. The van der Waals surface area contributed by atoms with Crippen LogP contribution in [0.2, 0.25) is 0 Å². The van der Waals surface area contributed by atoms with E-state index in [4.69, 9.17) is 14.0 Å². The van der Waals surface area contributed by atoms with Gasteiger partial charge in [0.1, 0.15) is 18.0 Å². The topological polar surface area (TPSA) is 65.1 Å². The van der Waals surface area contributed by atoms with Crippen LogP contribution >= 0.6 is 7.52 Å². The Labute approximate surface area is 159 Å². The summed E-state index contributed by atoms with van der Waals surface area (Å²) >= 11 is 0. The summed E-state index contributed by atoms with van der Waals surface area (Å²) in [5, 5.41) is 0.550. The number of rotatable bonds is 5. The quantitative estimate of drug-likeness (QED) is 0.569. The second kappa shape index (κ2) is 9.18. The van der Waals surface area contributed by atoms with Crippen LogP contribution in [0.5, 0.6) is 11.5 Å². The zero-order valence-corrected chi connectivity index (χ0v) is 16.3. The van der Waals surface area contributed by atoms with E-state index in [1.165, 1.54) is 7.11 Å². The maximum atomic E-state index is 13.7. The Bertz CT molecular complexity index is 794. The SMILES string of the molecule is COC(=O)CN1CCCCCOP1(=O)c1ccc(Oc2ccccc2)cc1. The fourth-order valence-electron chi connectivity index (χ4n) is 2.93. The fourth-order valence-corrected chi connectivity index (χ4v) is 5.17. The molecule has 2 aromatic rings. The molecule has 0 radical (unpaired) electrons. The van der Waals surface area contributed by atoms with Gasteiger partial charge in [-0.1, -0.05) is 18.2 Å². The van der Waals surface area contributed by atoms with Gasteiger partial charge >= 0.3 is 13.5 Å². The van der Waals surface area contributed by atoms with Crippen LogP contribution in [0.25, 0.3) is 0 Å². The number of carbonyl (C=O) groups excluding carboxylic acids is 1. The van der Waals surface area contributed by atoms with Crippen LogP contribution in [0.4, 0.5) is 0 Å². The highest BCUT2D eigenvalue weighted by molar-refractivity contribution is 7.64. The zero-order valence-electron chi connectivity index (χ0n) is 15.4. The first-order chi connectivity index (χ1) is 13.1. The van der Waals surface area contributed by atoms with Crippen LogP contribution in [-0.4, -0.2) is 37.4 Å². The third-order valence-corrected chi connectivity index (χ3v) is 6.95. The minimum atomic E-state index is -3.34. The van der Waals surface area contributed by atoms with Gasteiger partial charge in [0.05, 0.1) is 19.0 Å². The second-order valence-electron chi connectivity index (χ2n) is 6.29. The Hall–Kier alpha value is -2.14. The average molecular weight is 389 g/mol. The second-order valence-corrected chi connectivity index (χ2v) is 8.67. The normalized spacial score (nSPS) is 21.1. The van der Waals surface area contributed by atoms with Crippen LogP contribution in [0.1, 0.15) is 19.3 Å². The molecule has 3 rings (SSSR count). The molecule has 0 spiro atoms. The lowest BCUT2D eigenvalue weighted by molar-refractivity contribution is -0.141. The van der Waals surface area contributed by atoms with E-state index >= 15 is 0 Å². The van der Waals surface area contributed by atoms with E-state index in [1.54, 1.807) is 28.9 Å². The lowest BCUT2D eigenvalue weighted by atomic mass is 10.2. The molecule has 6 nitrogen and oxygen atoms in total. The summed E-state index contributed by atoms with van der Waals surface area (Å²) in [7, 11) is -2.01. The lowest BCUT2D eigenvalue weighted by Gasteiger charge is -2.32. The Morgan fingerprint density at radius 2 is 1.74 bits per heavy atom. The van der Waals surface area contributed by atoms with Gasteiger partial charge in [-0.2, -0.15) is 0 Å². The largest absolute Gasteiger partial charge is 0.468 e. The maximum absolute atomic E-state index is 13.7. The van der Waals surface area contributed by atoms with Gasteiger partial charge < -0.3 is 14.0 Å². The van der Waals surface area contributed by atoms with E-state index in [-0.39, 0.29) is 6.54 Å². The molecule has 1 saturated heterocycles. The van der Waals surface area contributed by atoms with Gasteiger partial charge in [-0.25, -0.2) is 4.67 Å². The fraction of sp³-hybridized carbons (Fsp3) is 0.350. The minimum Gasteiger partial charge on any atom is -0.468 e. The number of hydrogen-bond acceptors (Lipinski definition) is 5. The van der Waals surface area contributed by atoms with Gasteiger partial charge in [0.2, 0.25) is 0 Å². The Morgan fingerprint density at radius 1 is 1.04 bits per heavy atom. The first-order valence-corrected chi connectivity index (χ1v) is 10.6. The summed E-state index contributed by atoms with van der Waals surface area (Å²) in [5.74, 6) is 0.943. The van der Waals surface area contributed by atoms with Crippen LogP contribution < -0.4 is 10.0 Å². The molecule has 1 aliphatic rings. The summed E-state index contributed by atoms with van der Waals surface area (Å²) in [6.45, 7) is 0.863. The summed E-state index contributed by atoms with van der Waals surface area (Å²) in [5.41, 5.74) is 0. The third kappa shape index (κ3) is 4.98. The molecular formula is C20H24NO5P. The molecule has 1 heterocycles. The first kappa shape index (κ1) is 19.6. The highest BCUT2D eigenvalue weighted by atomic mass is 31.2. The molecule has 2 aromatic carbocycles. The van der Waals surface area contributed by atoms with Crippen molar-refractivity contribution in [3.8, 4) is 11.5 Å². The number of benzene rings is 2. The number of ether oxygens (including phenoxy) is 2. The van der Waals surface area contributed by atoms with Crippen molar-refractivity contribution in [1.82, 2.24) is 4.67 Å². The van der Waals surface area contributed by atoms with Gasteiger partial charge in [0, 0.05) is 6.54 Å². The predicted octanol–water partition coefficient (Wildman–Crippen LogP) is 3.97. The van der Waals surface area contributed by atoms with Gasteiger partial charge in [-0.15, -0.1) is 0 Å². The smallest absolute Gasteiger partial charge is 0.320 e. The Balaban J connectivity index is 1.83. The molecule has 27 heavy (non-hydrogen) atoms. The lowest BCUT2D eigenvalue weighted by Crippen LogP contribution is -2.34. The van der Waals surface area contributed by atoms with E-state index in [2.05, 4.69) is 0 Å². The molecule has 0 saturated carbocycles. The first-order valence-electron chi connectivity index (χ1n) is 9.02. The maximum Gasteiger partial charge on any atom is 0.320 e. The molecule has 1 aliphatic heterocycles. The van der Waals surface area contributed by atoms with Gasteiger partial charge in [-0.3, -0.25) is 9.36 Å². The summed E-state index contributed by atoms with van der Waals surface area (Å²) in [4.78, 5) is 11.8. The van der Waals surface area contributed by atoms with Gasteiger partial charge in [0.15, 0.2) is 0 Å². The molecule has 1 atom stereocenters. The van der Waals surface area contributed by atoms with E-state index in [0.29, 0.717) is 24.2 Å². The Morgan fingerprint density at radius 3 is 2.44 bits per heavy atom.